The molecule has 2 atom stereocenters. The van der Waals surface area contributed by atoms with Crippen LogP contribution in [0, 0.1) is 5.92 Å². The van der Waals surface area contributed by atoms with E-state index in [4.69, 9.17) is 11.6 Å². The summed E-state index contributed by atoms with van der Waals surface area (Å²) in [6.45, 7) is 5.13. The molecule has 1 aliphatic carbocycles. The quantitative estimate of drug-likeness (QED) is 0.325. The lowest BCUT2D eigenvalue weighted by Gasteiger charge is -2.45. The number of carbonyl (C=O) groups excluding carboxylic acids is 2. The molecule has 2 aliphatic rings. The number of likely N-dealkylation sites (N-methyl/N-ethyl adjacent to an activating group) is 1. The van der Waals surface area contributed by atoms with Gasteiger partial charge in [0.25, 0.3) is 5.91 Å². The van der Waals surface area contributed by atoms with E-state index in [2.05, 4.69) is 15.2 Å². The molecule has 1 aromatic heterocycles. The summed E-state index contributed by atoms with van der Waals surface area (Å²) in [6, 6.07) is 16.1. The number of hydrogen-bond acceptors (Lipinski definition) is 6. The zero-order chi connectivity index (χ0) is 32.0. The van der Waals surface area contributed by atoms with Crippen molar-refractivity contribution >= 4 is 44.2 Å². The number of aromatic nitrogens is 1. The Labute approximate surface area is 272 Å². The molecule has 5 rings (SSSR count). The number of nitrogens with one attached hydrogen (secondary N) is 1. The predicted octanol–water partition coefficient (Wildman–Crippen LogP) is 4.60. The summed E-state index contributed by atoms with van der Waals surface area (Å²) in [6.07, 6.45) is 9.04. The highest BCUT2D eigenvalue weighted by Gasteiger charge is 2.36. The van der Waals surface area contributed by atoms with Crippen molar-refractivity contribution in [2.24, 2.45) is 5.92 Å². The fourth-order valence-electron chi connectivity index (χ4n) is 6.78. The molecule has 2 fully saturated rings. The van der Waals surface area contributed by atoms with Crippen molar-refractivity contribution in [2.75, 3.05) is 45.5 Å². The van der Waals surface area contributed by atoms with Gasteiger partial charge in [0.15, 0.2) is 0 Å². The van der Waals surface area contributed by atoms with Gasteiger partial charge in [-0.1, -0.05) is 74.2 Å². The second kappa shape index (κ2) is 15.0. The number of hydrogen-bond donors (Lipinski definition) is 1. The number of sulfonamides is 1. The van der Waals surface area contributed by atoms with Crippen LogP contribution in [0.15, 0.2) is 60.8 Å². The third kappa shape index (κ3) is 8.61. The standard InChI is InChI=1S/C34H44ClN5O4S/c1-3-40(45(2,43)44)24-32(26-9-5-4-6-10-26)38-17-19-39(20-18-38)34(42)31(21-25-13-15-29(35)16-14-25)37-33(41)30-22-27-11-7-8-12-28(27)23-36-30/h7-8,11-16,22-23,26,31-32H,3-6,9-10,17-21,24H2,1-2H3,(H,37,41)/t31-,32?/m1/s1. The van der Waals surface area contributed by atoms with Crippen molar-refractivity contribution in [3.05, 3.63) is 77.1 Å². The molecule has 0 bridgehead atoms. The van der Waals surface area contributed by atoms with Crippen molar-refractivity contribution in [3.63, 3.8) is 0 Å². The van der Waals surface area contributed by atoms with E-state index in [1.54, 1.807) is 28.7 Å². The molecule has 2 amide bonds. The Morgan fingerprint density at radius 3 is 2.31 bits per heavy atom. The molecule has 45 heavy (non-hydrogen) atoms. The highest BCUT2D eigenvalue weighted by Crippen LogP contribution is 2.31. The van der Waals surface area contributed by atoms with Gasteiger partial charge in [0.05, 0.1) is 6.26 Å². The number of carbonyl (C=O) groups is 2. The largest absolute Gasteiger partial charge is 0.339 e. The minimum atomic E-state index is -3.31. The molecule has 242 valence electrons. The van der Waals surface area contributed by atoms with Gasteiger partial charge in [0.1, 0.15) is 11.7 Å². The highest BCUT2D eigenvalue weighted by molar-refractivity contribution is 7.88. The molecule has 3 aromatic rings. The lowest BCUT2D eigenvalue weighted by atomic mass is 9.83. The van der Waals surface area contributed by atoms with Crippen molar-refractivity contribution in [2.45, 2.75) is 57.5 Å². The Kier molecular flexibility index (Phi) is 11.1. The molecule has 1 saturated heterocycles. The summed E-state index contributed by atoms with van der Waals surface area (Å²) in [5, 5.41) is 5.42. The lowest BCUT2D eigenvalue weighted by Crippen LogP contribution is -2.59. The maximum atomic E-state index is 14.0. The average Bonchev–Trinajstić information content (AvgIpc) is 3.05. The summed E-state index contributed by atoms with van der Waals surface area (Å²) in [5.74, 6) is -0.105. The second-order valence-electron chi connectivity index (χ2n) is 12.3. The molecule has 1 unspecified atom stereocenters. The number of amides is 2. The van der Waals surface area contributed by atoms with Crippen molar-refractivity contribution in [3.8, 4) is 0 Å². The Morgan fingerprint density at radius 1 is 1.00 bits per heavy atom. The number of nitrogens with zero attached hydrogens (tertiary/aromatic N) is 4. The first kappa shape index (κ1) is 33.3. The Morgan fingerprint density at radius 2 is 1.67 bits per heavy atom. The Balaban J connectivity index is 1.31. The van der Waals surface area contributed by atoms with Crippen LogP contribution >= 0.6 is 11.6 Å². The molecular weight excluding hydrogens is 610 g/mol. The molecule has 2 heterocycles. The van der Waals surface area contributed by atoms with E-state index < -0.39 is 22.0 Å². The Bertz CT molecular complexity index is 1570. The summed E-state index contributed by atoms with van der Waals surface area (Å²) in [4.78, 5) is 36.1. The third-order valence-electron chi connectivity index (χ3n) is 9.32. The molecule has 2 aromatic carbocycles. The number of halogens is 1. The van der Waals surface area contributed by atoms with E-state index in [9.17, 15) is 18.0 Å². The van der Waals surface area contributed by atoms with Gasteiger partial charge in [0, 0.05) is 68.3 Å². The average molecular weight is 654 g/mol. The van der Waals surface area contributed by atoms with Crippen molar-refractivity contribution in [1.82, 2.24) is 24.4 Å². The molecule has 0 spiro atoms. The van der Waals surface area contributed by atoms with Gasteiger partial charge in [-0.3, -0.25) is 19.5 Å². The summed E-state index contributed by atoms with van der Waals surface area (Å²) in [5.41, 5.74) is 1.15. The van der Waals surface area contributed by atoms with Crippen LogP contribution in [-0.2, 0) is 21.2 Å². The molecule has 1 saturated carbocycles. The monoisotopic (exact) mass is 653 g/mol. The van der Waals surface area contributed by atoms with E-state index in [-0.39, 0.29) is 17.6 Å². The van der Waals surface area contributed by atoms with Crippen LogP contribution in [0.4, 0.5) is 0 Å². The maximum Gasteiger partial charge on any atom is 0.270 e. The van der Waals surface area contributed by atoms with Gasteiger partial charge in [-0.05, 0) is 47.9 Å². The maximum absolute atomic E-state index is 14.0. The van der Waals surface area contributed by atoms with Crippen molar-refractivity contribution in [1.29, 1.82) is 0 Å². The SMILES string of the molecule is CCN(CC(C1CCCCC1)N1CCN(C(=O)[C@@H](Cc2ccc(Cl)cc2)NC(=O)c2cc3ccccc3cn2)CC1)S(C)(=O)=O. The van der Waals surface area contributed by atoms with Gasteiger partial charge in [-0.25, -0.2) is 12.7 Å². The highest BCUT2D eigenvalue weighted by atomic mass is 35.5. The Hall–Kier alpha value is -3.05. The molecule has 1 N–H and O–H groups in total. The fraction of sp³-hybridized carbons (Fsp3) is 0.500. The second-order valence-corrected chi connectivity index (χ2v) is 14.7. The molecule has 1 aliphatic heterocycles. The minimum absolute atomic E-state index is 0.112. The first-order valence-electron chi connectivity index (χ1n) is 16.0. The van der Waals surface area contributed by atoms with E-state index in [1.165, 1.54) is 25.5 Å². The fourth-order valence-corrected chi connectivity index (χ4v) is 7.80. The predicted molar refractivity (Wildman–Crippen MR) is 179 cm³/mol. The topological polar surface area (TPSA) is 103 Å². The van der Waals surface area contributed by atoms with Crippen molar-refractivity contribution < 1.29 is 18.0 Å². The minimum Gasteiger partial charge on any atom is -0.339 e. The number of piperazine rings is 1. The van der Waals surface area contributed by atoms with E-state index in [0.29, 0.717) is 56.6 Å². The van der Waals surface area contributed by atoms with Gasteiger partial charge in [-0.15, -0.1) is 0 Å². The zero-order valence-corrected chi connectivity index (χ0v) is 27.8. The molecule has 11 heteroatoms. The third-order valence-corrected chi connectivity index (χ3v) is 10.9. The molecule has 9 nitrogen and oxygen atoms in total. The van der Waals surface area contributed by atoms with Crippen LogP contribution in [0.5, 0.6) is 0 Å². The lowest BCUT2D eigenvalue weighted by molar-refractivity contribution is -0.135. The zero-order valence-electron chi connectivity index (χ0n) is 26.2. The van der Waals surface area contributed by atoms with E-state index >= 15 is 0 Å². The van der Waals surface area contributed by atoms with Crippen LogP contribution in [0.2, 0.25) is 5.02 Å². The van der Waals surface area contributed by atoms with Crippen LogP contribution in [-0.4, -0.2) is 96.9 Å². The normalized spacial score (nSPS) is 18.2. The first-order valence-corrected chi connectivity index (χ1v) is 18.2. The van der Waals surface area contributed by atoms with E-state index in [1.807, 2.05) is 48.2 Å². The smallest absolute Gasteiger partial charge is 0.270 e. The summed E-state index contributed by atoms with van der Waals surface area (Å²) < 4.78 is 26.6. The van der Waals surface area contributed by atoms with Crippen LogP contribution in [0.3, 0.4) is 0 Å². The van der Waals surface area contributed by atoms with Gasteiger partial charge in [0.2, 0.25) is 15.9 Å². The van der Waals surface area contributed by atoms with Gasteiger partial charge < -0.3 is 10.2 Å². The molecule has 0 radical (unpaired) electrons. The van der Waals surface area contributed by atoms with E-state index in [0.717, 1.165) is 29.2 Å². The number of benzene rings is 2. The number of pyridine rings is 1. The van der Waals surface area contributed by atoms with Crippen LogP contribution < -0.4 is 5.32 Å². The number of fused-ring (bicyclic) bond motifs is 1. The summed E-state index contributed by atoms with van der Waals surface area (Å²) >= 11 is 6.11. The van der Waals surface area contributed by atoms with Crippen LogP contribution in [0.1, 0.15) is 55.1 Å². The molecular formula is C34H44ClN5O4S. The van der Waals surface area contributed by atoms with Gasteiger partial charge in [-0.2, -0.15) is 0 Å². The summed E-state index contributed by atoms with van der Waals surface area (Å²) in [7, 11) is -3.31. The van der Waals surface area contributed by atoms with Gasteiger partial charge >= 0.3 is 0 Å². The van der Waals surface area contributed by atoms with Crippen LogP contribution in [0.25, 0.3) is 10.8 Å². The number of rotatable bonds is 11. The first-order chi connectivity index (χ1) is 21.6.